The van der Waals surface area contributed by atoms with Gasteiger partial charge >= 0.3 is 6.09 Å². The Morgan fingerprint density at radius 2 is 1.43 bits per heavy atom. The van der Waals surface area contributed by atoms with Gasteiger partial charge in [0.05, 0.1) is 0 Å². The number of anilines is 1. The molecular weight excluding hydrogens is 462 g/mol. The summed E-state index contributed by atoms with van der Waals surface area (Å²) < 4.78 is 5.30. The molecule has 0 heterocycles. The third kappa shape index (κ3) is 7.24. The summed E-state index contributed by atoms with van der Waals surface area (Å²) >= 11 is 4.27. The molecule has 2 atom stereocenters. The quantitative estimate of drug-likeness (QED) is 0.474. The highest BCUT2D eigenvalue weighted by Crippen LogP contribution is 2.30. The van der Waals surface area contributed by atoms with Crippen LogP contribution in [0.2, 0.25) is 0 Å². The summed E-state index contributed by atoms with van der Waals surface area (Å²) in [5.41, 5.74) is 4.35. The highest BCUT2D eigenvalue weighted by Gasteiger charge is 2.35. The lowest BCUT2D eigenvalue weighted by molar-refractivity contribution is -0.138. The van der Waals surface area contributed by atoms with E-state index in [2.05, 4.69) is 23.3 Å². The molecule has 0 aliphatic heterocycles. The molecule has 2 N–H and O–H groups in total. The van der Waals surface area contributed by atoms with Crippen LogP contribution in [-0.2, 0) is 14.3 Å². The molecule has 2 unspecified atom stereocenters. The number of carbonyl (C=O) groups excluding carboxylic acids is 3. The second-order valence-corrected chi connectivity index (χ2v) is 10.2. The molecule has 8 heteroatoms. The molecule has 3 amide bonds. The molecule has 2 aromatic rings. The van der Waals surface area contributed by atoms with Crippen LogP contribution >= 0.6 is 12.6 Å². The summed E-state index contributed by atoms with van der Waals surface area (Å²) in [5.74, 6) is -0.749. The lowest BCUT2D eigenvalue weighted by Crippen LogP contribution is -2.52. The van der Waals surface area contributed by atoms with Gasteiger partial charge in [0.15, 0.2) is 0 Å². The summed E-state index contributed by atoms with van der Waals surface area (Å²) in [4.78, 5) is 41.0. The van der Waals surface area contributed by atoms with E-state index in [0.717, 1.165) is 27.8 Å². The summed E-state index contributed by atoms with van der Waals surface area (Å²) in [6, 6.07) is 9.61. The van der Waals surface area contributed by atoms with Crippen molar-refractivity contribution in [3.63, 3.8) is 0 Å². The Morgan fingerprint density at radius 3 is 1.89 bits per heavy atom. The van der Waals surface area contributed by atoms with Crippen LogP contribution in [0.5, 0.6) is 0 Å². The van der Waals surface area contributed by atoms with Crippen LogP contribution in [0, 0.1) is 27.7 Å². The van der Waals surface area contributed by atoms with Crippen molar-refractivity contribution in [2.45, 2.75) is 66.2 Å². The van der Waals surface area contributed by atoms with Gasteiger partial charge in [-0.15, -0.1) is 0 Å². The molecule has 7 nitrogen and oxygen atoms in total. The minimum atomic E-state index is -0.974. The molecule has 0 saturated carbocycles. The molecule has 35 heavy (non-hydrogen) atoms. The van der Waals surface area contributed by atoms with Gasteiger partial charge in [0.2, 0.25) is 5.91 Å². The number of alkyl carbamates (subject to hydrolysis) is 1. The minimum absolute atomic E-state index is 0.0421. The first-order valence-corrected chi connectivity index (χ1v) is 12.2. The number of nitrogens with zero attached hydrogens (tertiary/aromatic N) is 1. The van der Waals surface area contributed by atoms with Crippen molar-refractivity contribution in [1.29, 1.82) is 0 Å². The number of thiol groups is 1. The maximum atomic E-state index is 13.8. The molecule has 2 rings (SSSR count). The van der Waals surface area contributed by atoms with Crippen LogP contribution in [0.4, 0.5) is 10.5 Å². The van der Waals surface area contributed by atoms with E-state index < -0.39 is 29.7 Å². The van der Waals surface area contributed by atoms with Crippen molar-refractivity contribution in [2.24, 2.45) is 0 Å². The minimum Gasteiger partial charge on any atom is -0.444 e. The molecule has 0 aromatic heterocycles. The highest BCUT2D eigenvalue weighted by molar-refractivity contribution is 7.80. The lowest BCUT2D eigenvalue weighted by Gasteiger charge is -2.33. The van der Waals surface area contributed by atoms with E-state index in [-0.39, 0.29) is 11.7 Å². The number of benzene rings is 2. The lowest BCUT2D eigenvalue weighted by atomic mass is 9.94. The van der Waals surface area contributed by atoms with Gasteiger partial charge in [-0.1, -0.05) is 36.4 Å². The maximum absolute atomic E-state index is 13.8. The molecule has 0 aliphatic carbocycles. The number of amides is 3. The van der Waals surface area contributed by atoms with Crippen molar-refractivity contribution in [1.82, 2.24) is 10.2 Å². The fraction of sp³-hybridized carbons (Fsp3) is 0.444. The summed E-state index contributed by atoms with van der Waals surface area (Å²) in [6.45, 7) is 12.9. The van der Waals surface area contributed by atoms with Crippen LogP contribution in [0.3, 0.4) is 0 Å². The Morgan fingerprint density at radius 1 is 0.943 bits per heavy atom. The molecule has 0 bridgehead atoms. The van der Waals surface area contributed by atoms with Gasteiger partial charge in [-0.25, -0.2) is 4.79 Å². The Bertz CT molecular complexity index is 1050. The number of carbonyl (C=O) groups is 3. The molecule has 190 valence electrons. The van der Waals surface area contributed by atoms with Gasteiger partial charge < -0.3 is 20.3 Å². The van der Waals surface area contributed by atoms with Gasteiger partial charge in [-0.3, -0.25) is 9.59 Å². The number of aryl methyl sites for hydroxylation is 4. The van der Waals surface area contributed by atoms with Crippen molar-refractivity contribution >= 4 is 36.2 Å². The van der Waals surface area contributed by atoms with E-state index in [0.29, 0.717) is 5.69 Å². The molecule has 0 saturated heterocycles. The average molecular weight is 500 g/mol. The largest absolute Gasteiger partial charge is 0.444 e. The zero-order valence-electron chi connectivity index (χ0n) is 21.9. The van der Waals surface area contributed by atoms with Crippen LogP contribution < -0.4 is 10.6 Å². The third-order valence-corrected chi connectivity index (χ3v) is 6.06. The van der Waals surface area contributed by atoms with Gasteiger partial charge in [0.1, 0.15) is 17.7 Å². The topological polar surface area (TPSA) is 87.7 Å². The number of rotatable bonds is 7. The zero-order valence-corrected chi connectivity index (χ0v) is 22.7. The van der Waals surface area contributed by atoms with Crippen molar-refractivity contribution in [3.05, 3.63) is 64.2 Å². The highest BCUT2D eigenvalue weighted by atomic mass is 32.1. The molecule has 2 aromatic carbocycles. The maximum Gasteiger partial charge on any atom is 0.408 e. The van der Waals surface area contributed by atoms with Gasteiger partial charge in [-0.2, -0.15) is 12.6 Å². The Kier molecular flexibility index (Phi) is 9.38. The summed E-state index contributed by atoms with van der Waals surface area (Å²) in [5, 5.41) is 5.62. The van der Waals surface area contributed by atoms with E-state index in [1.807, 2.05) is 64.1 Å². The van der Waals surface area contributed by atoms with Crippen molar-refractivity contribution < 1.29 is 19.1 Å². The molecule has 0 spiro atoms. The van der Waals surface area contributed by atoms with Gasteiger partial charge in [-0.05, 0) is 76.3 Å². The van der Waals surface area contributed by atoms with E-state index >= 15 is 0 Å². The fourth-order valence-electron chi connectivity index (χ4n) is 3.97. The normalized spacial score (nSPS) is 12.9. The van der Waals surface area contributed by atoms with Gasteiger partial charge in [0.25, 0.3) is 5.91 Å². The Hall–Kier alpha value is -3.00. The number of likely N-dealkylation sites (N-methyl/N-ethyl adjacent to an activating group) is 1. The Labute approximate surface area is 214 Å². The second-order valence-electron chi connectivity index (χ2n) is 9.79. The second kappa shape index (κ2) is 11.6. The Balaban J connectivity index is 2.45. The first kappa shape index (κ1) is 28.2. The number of nitrogens with one attached hydrogen (secondary N) is 2. The number of ether oxygens (including phenoxy) is 1. The predicted octanol–water partition coefficient (Wildman–Crippen LogP) is 4.88. The van der Waals surface area contributed by atoms with Crippen molar-refractivity contribution in [2.75, 3.05) is 18.1 Å². The predicted molar refractivity (Wildman–Crippen MR) is 143 cm³/mol. The zero-order chi connectivity index (χ0) is 26.5. The van der Waals surface area contributed by atoms with E-state index in [1.165, 1.54) is 4.90 Å². The van der Waals surface area contributed by atoms with E-state index in [9.17, 15) is 14.4 Å². The monoisotopic (exact) mass is 499 g/mol. The molecule has 0 aliphatic rings. The number of para-hydroxylation sites is 1. The van der Waals surface area contributed by atoms with E-state index in [1.54, 1.807) is 27.8 Å². The average Bonchev–Trinajstić information content (AvgIpc) is 2.75. The van der Waals surface area contributed by atoms with Crippen LogP contribution in [-0.4, -0.2) is 47.3 Å². The molecular formula is C27H37N3O4S. The standard InChI is InChI=1S/C27H37N3O4S/c1-16-11-9-12-17(2)21(16)23(24(31)29-22-18(3)13-10-14-19(22)4)30(8)25(32)20(15-35)28-26(33)34-27(5,6)7/h9-14,20,23,35H,15H2,1-8H3,(H,28,33)(H,29,31). The fourth-order valence-corrected chi connectivity index (χ4v) is 4.22. The van der Waals surface area contributed by atoms with Crippen LogP contribution in [0.25, 0.3) is 0 Å². The SMILES string of the molecule is Cc1cccc(C)c1NC(=O)C(c1c(C)cccc1C)N(C)C(=O)C(CS)NC(=O)OC(C)(C)C. The molecule has 0 fully saturated rings. The van der Waals surface area contributed by atoms with Crippen LogP contribution in [0.15, 0.2) is 36.4 Å². The summed E-state index contributed by atoms with van der Waals surface area (Å²) in [6.07, 6.45) is -0.720. The smallest absolute Gasteiger partial charge is 0.408 e. The first-order valence-electron chi connectivity index (χ1n) is 11.6. The molecule has 0 radical (unpaired) electrons. The summed E-state index contributed by atoms with van der Waals surface area (Å²) in [7, 11) is 1.57. The van der Waals surface area contributed by atoms with E-state index in [4.69, 9.17) is 4.74 Å². The van der Waals surface area contributed by atoms with Crippen molar-refractivity contribution in [3.8, 4) is 0 Å². The number of hydrogen-bond acceptors (Lipinski definition) is 5. The van der Waals surface area contributed by atoms with Gasteiger partial charge in [0, 0.05) is 18.5 Å². The first-order chi connectivity index (χ1) is 16.3. The number of hydrogen-bond donors (Lipinski definition) is 3. The van der Waals surface area contributed by atoms with Crippen LogP contribution in [0.1, 0.15) is 54.6 Å². The third-order valence-electron chi connectivity index (χ3n) is 5.70.